The molecule has 0 aliphatic carbocycles. The van der Waals surface area contributed by atoms with Crippen molar-refractivity contribution in [3.8, 4) is 17.1 Å². The number of carbonyl (C=O) groups is 1. The molecule has 1 heterocycles. The molecule has 0 aliphatic heterocycles. The van der Waals surface area contributed by atoms with Crippen LogP contribution in [0.15, 0.2) is 65.1 Å². The first-order valence-corrected chi connectivity index (χ1v) is 7.95. The van der Waals surface area contributed by atoms with E-state index in [9.17, 15) is 9.18 Å². The van der Waals surface area contributed by atoms with E-state index in [0.717, 1.165) is 11.3 Å². The van der Waals surface area contributed by atoms with Crippen LogP contribution in [0, 0.1) is 12.7 Å². The first-order chi connectivity index (χ1) is 12.1. The third kappa shape index (κ3) is 4.47. The van der Waals surface area contributed by atoms with Gasteiger partial charge in [0.05, 0.1) is 6.54 Å². The van der Waals surface area contributed by atoms with Gasteiger partial charge in [-0.25, -0.2) is 4.39 Å². The number of benzene rings is 2. The van der Waals surface area contributed by atoms with Gasteiger partial charge in [-0.2, -0.15) is 0 Å². The number of nitrogens with one attached hydrogen (secondary N) is 1. The third-order valence-electron chi connectivity index (χ3n) is 3.64. The molecule has 1 N–H and O–H groups in total. The molecule has 0 unspecified atom stereocenters. The number of carbonyl (C=O) groups excluding carboxylic acids is 1. The van der Waals surface area contributed by atoms with Crippen LogP contribution in [0.4, 0.5) is 4.39 Å². The minimum Gasteiger partial charge on any atom is -0.492 e. The molecule has 25 heavy (non-hydrogen) atoms. The van der Waals surface area contributed by atoms with Crippen LogP contribution in [-0.4, -0.2) is 19.1 Å². The summed E-state index contributed by atoms with van der Waals surface area (Å²) in [4.78, 5) is 12.1. The van der Waals surface area contributed by atoms with Crippen LogP contribution in [0.3, 0.4) is 0 Å². The molecule has 128 valence electrons. The van der Waals surface area contributed by atoms with Crippen LogP contribution in [0.2, 0.25) is 0 Å². The smallest absolute Gasteiger partial charge is 0.287 e. The van der Waals surface area contributed by atoms with Gasteiger partial charge in [0.1, 0.15) is 23.9 Å². The van der Waals surface area contributed by atoms with E-state index >= 15 is 0 Å². The van der Waals surface area contributed by atoms with Gasteiger partial charge in [0.25, 0.3) is 5.91 Å². The van der Waals surface area contributed by atoms with E-state index in [1.165, 1.54) is 12.1 Å². The van der Waals surface area contributed by atoms with E-state index in [2.05, 4.69) is 5.32 Å². The molecule has 1 aromatic heterocycles. The second-order valence-corrected chi connectivity index (χ2v) is 5.59. The van der Waals surface area contributed by atoms with E-state index in [0.29, 0.717) is 24.5 Å². The van der Waals surface area contributed by atoms with E-state index in [1.54, 1.807) is 24.3 Å². The van der Waals surface area contributed by atoms with E-state index in [-0.39, 0.29) is 17.5 Å². The van der Waals surface area contributed by atoms with E-state index < -0.39 is 0 Å². The fraction of sp³-hybridized carbons (Fsp3) is 0.150. The van der Waals surface area contributed by atoms with Gasteiger partial charge in [-0.3, -0.25) is 4.79 Å². The average Bonchev–Trinajstić information content (AvgIpc) is 3.11. The number of ether oxygens (including phenoxy) is 1. The fourth-order valence-electron chi connectivity index (χ4n) is 2.28. The summed E-state index contributed by atoms with van der Waals surface area (Å²) in [6, 6.07) is 16.9. The van der Waals surface area contributed by atoms with Crippen molar-refractivity contribution in [2.75, 3.05) is 13.2 Å². The van der Waals surface area contributed by atoms with Crippen molar-refractivity contribution < 1.29 is 18.3 Å². The van der Waals surface area contributed by atoms with Crippen LogP contribution >= 0.6 is 0 Å². The number of hydrogen-bond acceptors (Lipinski definition) is 3. The quantitative estimate of drug-likeness (QED) is 0.685. The lowest BCUT2D eigenvalue weighted by Gasteiger charge is -2.07. The normalized spacial score (nSPS) is 10.5. The second-order valence-electron chi connectivity index (χ2n) is 5.59. The molecule has 0 spiro atoms. The number of amides is 1. The molecule has 0 aliphatic rings. The van der Waals surface area contributed by atoms with Crippen molar-refractivity contribution in [2.45, 2.75) is 6.92 Å². The number of halogens is 1. The SMILES string of the molecule is Cc1ccc(OCCNC(=O)c2ccc(-c3ccc(F)cc3)o2)cc1. The van der Waals surface area contributed by atoms with Gasteiger partial charge >= 0.3 is 0 Å². The van der Waals surface area contributed by atoms with Gasteiger partial charge in [-0.1, -0.05) is 17.7 Å². The Morgan fingerprint density at radius 2 is 1.76 bits per heavy atom. The minimum atomic E-state index is -0.319. The zero-order valence-electron chi connectivity index (χ0n) is 13.8. The summed E-state index contributed by atoms with van der Waals surface area (Å²) < 4.78 is 24.0. The summed E-state index contributed by atoms with van der Waals surface area (Å²) in [6.45, 7) is 2.73. The maximum Gasteiger partial charge on any atom is 0.287 e. The number of furan rings is 1. The highest BCUT2D eigenvalue weighted by Crippen LogP contribution is 2.22. The molecule has 3 rings (SSSR count). The van der Waals surface area contributed by atoms with Crippen LogP contribution < -0.4 is 10.1 Å². The van der Waals surface area contributed by atoms with Gasteiger partial charge in [-0.15, -0.1) is 0 Å². The third-order valence-corrected chi connectivity index (χ3v) is 3.64. The minimum absolute atomic E-state index is 0.203. The zero-order chi connectivity index (χ0) is 17.6. The van der Waals surface area contributed by atoms with Crippen molar-refractivity contribution in [3.05, 3.63) is 77.8 Å². The topological polar surface area (TPSA) is 51.5 Å². The Bertz CT molecular complexity index is 838. The molecule has 1 amide bonds. The van der Waals surface area contributed by atoms with E-state index in [1.807, 2.05) is 31.2 Å². The van der Waals surface area contributed by atoms with Crippen molar-refractivity contribution in [2.24, 2.45) is 0 Å². The molecule has 0 radical (unpaired) electrons. The predicted molar refractivity (Wildman–Crippen MR) is 93.1 cm³/mol. The Morgan fingerprint density at radius 1 is 1.04 bits per heavy atom. The molecule has 3 aromatic rings. The molecule has 0 atom stereocenters. The number of hydrogen-bond donors (Lipinski definition) is 1. The van der Waals surface area contributed by atoms with Crippen LogP contribution in [0.1, 0.15) is 16.1 Å². The largest absolute Gasteiger partial charge is 0.492 e. The zero-order valence-corrected chi connectivity index (χ0v) is 13.8. The maximum absolute atomic E-state index is 12.9. The molecular weight excluding hydrogens is 321 g/mol. The van der Waals surface area contributed by atoms with Gasteiger partial charge < -0.3 is 14.5 Å². The lowest BCUT2D eigenvalue weighted by Crippen LogP contribution is -2.27. The van der Waals surface area contributed by atoms with Crippen molar-refractivity contribution in [1.29, 1.82) is 0 Å². The Hall–Kier alpha value is -3.08. The monoisotopic (exact) mass is 339 g/mol. The van der Waals surface area contributed by atoms with Gasteiger partial charge in [0.2, 0.25) is 0 Å². The summed E-state index contributed by atoms with van der Waals surface area (Å²) in [5.74, 6) is 0.842. The highest BCUT2D eigenvalue weighted by Gasteiger charge is 2.11. The molecule has 4 nitrogen and oxygen atoms in total. The highest BCUT2D eigenvalue weighted by atomic mass is 19.1. The summed E-state index contributed by atoms with van der Waals surface area (Å²) >= 11 is 0. The number of rotatable bonds is 6. The van der Waals surface area contributed by atoms with Gasteiger partial charge in [-0.05, 0) is 55.5 Å². The Kier molecular flexibility index (Phi) is 5.14. The molecule has 0 bridgehead atoms. The summed E-state index contributed by atoms with van der Waals surface area (Å²) in [5, 5.41) is 2.74. The standard InChI is InChI=1S/C20H18FNO3/c1-14-2-8-17(9-3-14)24-13-12-22-20(23)19-11-10-18(25-19)15-4-6-16(21)7-5-15/h2-11H,12-13H2,1H3,(H,22,23). The summed E-state index contributed by atoms with van der Waals surface area (Å²) in [7, 11) is 0. The first kappa shape index (κ1) is 16.8. The number of aryl methyl sites for hydroxylation is 1. The van der Waals surface area contributed by atoms with Crippen LogP contribution in [-0.2, 0) is 0 Å². The average molecular weight is 339 g/mol. The Balaban J connectivity index is 1.50. The molecular formula is C20H18FNO3. The Morgan fingerprint density at radius 3 is 2.48 bits per heavy atom. The van der Waals surface area contributed by atoms with E-state index in [4.69, 9.17) is 9.15 Å². The fourth-order valence-corrected chi connectivity index (χ4v) is 2.28. The molecule has 5 heteroatoms. The van der Waals surface area contributed by atoms with Crippen molar-refractivity contribution in [3.63, 3.8) is 0 Å². The van der Waals surface area contributed by atoms with Crippen LogP contribution in [0.5, 0.6) is 5.75 Å². The maximum atomic E-state index is 12.9. The highest BCUT2D eigenvalue weighted by molar-refractivity contribution is 5.92. The molecule has 2 aromatic carbocycles. The summed E-state index contributed by atoms with van der Waals surface area (Å²) in [6.07, 6.45) is 0. The van der Waals surface area contributed by atoms with Crippen molar-refractivity contribution >= 4 is 5.91 Å². The van der Waals surface area contributed by atoms with Gasteiger partial charge in [0, 0.05) is 5.56 Å². The Labute approximate surface area is 145 Å². The lowest BCUT2D eigenvalue weighted by atomic mass is 10.2. The van der Waals surface area contributed by atoms with Crippen molar-refractivity contribution in [1.82, 2.24) is 5.32 Å². The second kappa shape index (κ2) is 7.66. The predicted octanol–water partition coefficient (Wildman–Crippen LogP) is 4.20. The molecule has 0 saturated carbocycles. The molecule has 0 saturated heterocycles. The summed E-state index contributed by atoms with van der Waals surface area (Å²) in [5.41, 5.74) is 1.87. The van der Waals surface area contributed by atoms with Crippen LogP contribution in [0.25, 0.3) is 11.3 Å². The lowest BCUT2D eigenvalue weighted by molar-refractivity contribution is 0.0920. The van der Waals surface area contributed by atoms with Gasteiger partial charge in [0.15, 0.2) is 5.76 Å². The first-order valence-electron chi connectivity index (χ1n) is 7.95. The molecule has 0 fully saturated rings.